The predicted octanol–water partition coefficient (Wildman–Crippen LogP) is 0.512. The first-order chi connectivity index (χ1) is 11.3. The number of nitrogens with one attached hydrogen (secondary N) is 1. The number of nitrogens with zero attached hydrogens (tertiary/aromatic N) is 3. The average molecular weight is 358 g/mol. The molecule has 1 aromatic rings. The molecule has 1 unspecified atom stereocenters. The summed E-state index contributed by atoms with van der Waals surface area (Å²) >= 11 is 0. The maximum atomic E-state index is 12.7. The maximum absolute atomic E-state index is 12.7. The van der Waals surface area contributed by atoms with Crippen LogP contribution in [-0.2, 0) is 14.8 Å². The Labute approximate surface area is 143 Å². The number of aryl methyl sites for hydroxylation is 2. The summed E-state index contributed by atoms with van der Waals surface area (Å²) in [6, 6.07) is 0.152. The highest BCUT2D eigenvalue weighted by Crippen LogP contribution is 2.24. The van der Waals surface area contributed by atoms with Gasteiger partial charge in [0, 0.05) is 32.2 Å². The monoisotopic (exact) mass is 358 g/mol. The number of piperazine rings is 1. The minimum atomic E-state index is -3.61. The quantitative estimate of drug-likeness (QED) is 0.796. The molecule has 1 fully saturated rings. The fraction of sp³-hybridized carbons (Fsp3) is 0.733. The van der Waals surface area contributed by atoms with E-state index in [1.54, 1.807) is 13.8 Å². The van der Waals surface area contributed by atoms with Gasteiger partial charge in [-0.25, -0.2) is 8.42 Å². The van der Waals surface area contributed by atoms with Crippen LogP contribution >= 0.6 is 0 Å². The fourth-order valence-electron chi connectivity index (χ4n) is 2.73. The third-order valence-electron chi connectivity index (χ3n) is 4.28. The Morgan fingerprint density at radius 3 is 2.42 bits per heavy atom. The van der Waals surface area contributed by atoms with Crippen LogP contribution in [0, 0.1) is 13.8 Å². The molecule has 24 heavy (non-hydrogen) atoms. The number of amides is 1. The molecule has 136 valence electrons. The van der Waals surface area contributed by atoms with Gasteiger partial charge in [0.25, 0.3) is 0 Å². The highest BCUT2D eigenvalue weighted by molar-refractivity contribution is 7.89. The van der Waals surface area contributed by atoms with E-state index in [2.05, 4.69) is 10.5 Å². The molecule has 0 bridgehead atoms. The smallest absolute Gasteiger partial charge is 0.248 e. The molecular formula is C15H26N4O4S. The lowest BCUT2D eigenvalue weighted by Gasteiger charge is -2.33. The van der Waals surface area contributed by atoms with Crippen LogP contribution in [-0.4, -0.2) is 67.5 Å². The highest BCUT2D eigenvalue weighted by atomic mass is 32.2. The van der Waals surface area contributed by atoms with Crippen LogP contribution in [0.4, 0.5) is 0 Å². The van der Waals surface area contributed by atoms with Gasteiger partial charge in [-0.1, -0.05) is 12.1 Å². The summed E-state index contributed by atoms with van der Waals surface area (Å²) < 4.78 is 31.9. The minimum Gasteiger partial charge on any atom is -0.360 e. The van der Waals surface area contributed by atoms with Gasteiger partial charge >= 0.3 is 0 Å². The summed E-state index contributed by atoms with van der Waals surface area (Å²) in [4.78, 5) is 14.1. The topological polar surface area (TPSA) is 95.8 Å². The number of aromatic nitrogens is 1. The number of hydrogen-bond donors (Lipinski definition) is 1. The third-order valence-corrected chi connectivity index (χ3v) is 6.43. The summed E-state index contributed by atoms with van der Waals surface area (Å²) in [7, 11) is -3.61. The maximum Gasteiger partial charge on any atom is 0.248 e. The molecule has 1 aliphatic rings. The van der Waals surface area contributed by atoms with E-state index in [4.69, 9.17) is 4.52 Å². The van der Waals surface area contributed by atoms with E-state index in [-0.39, 0.29) is 16.8 Å². The Hall–Kier alpha value is -1.45. The molecule has 0 aromatic carbocycles. The van der Waals surface area contributed by atoms with Gasteiger partial charge in [-0.15, -0.1) is 0 Å². The minimum absolute atomic E-state index is 0.0219. The zero-order valence-electron chi connectivity index (χ0n) is 14.7. The Morgan fingerprint density at radius 2 is 1.92 bits per heavy atom. The summed E-state index contributed by atoms with van der Waals surface area (Å²) in [5.74, 6) is 0.286. The van der Waals surface area contributed by atoms with Gasteiger partial charge in [0.2, 0.25) is 15.9 Å². The van der Waals surface area contributed by atoms with Crippen LogP contribution in [0.2, 0.25) is 0 Å². The Kier molecular flexibility index (Phi) is 6.00. The molecule has 0 radical (unpaired) electrons. The SMILES string of the molecule is CCC(C)NC(=O)CN1CCN(S(=O)(=O)c2c(C)noc2C)CC1. The van der Waals surface area contributed by atoms with Crippen molar-refractivity contribution in [2.75, 3.05) is 32.7 Å². The molecule has 2 rings (SSSR count). The van der Waals surface area contributed by atoms with Crippen LogP contribution in [0.25, 0.3) is 0 Å². The Balaban J connectivity index is 1.94. The summed E-state index contributed by atoms with van der Waals surface area (Å²) in [5.41, 5.74) is 0.378. The normalized spacial score (nSPS) is 18.5. The van der Waals surface area contributed by atoms with Crippen LogP contribution < -0.4 is 5.32 Å². The molecule has 1 aliphatic heterocycles. The van der Waals surface area contributed by atoms with Gasteiger partial charge in [-0.3, -0.25) is 9.69 Å². The number of carbonyl (C=O) groups excluding carboxylic acids is 1. The lowest BCUT2D eigenvalue weighted by Crippen LogP contribution is -2.51. The van der Waals surface area contributed by atoms with E-state index in [0.717, 1.165) is 6.42 Å². The first-order valence-corrected chi connectivity index (χ1v) is 9.64. The van der Waals surface area contributed by atoms with Crippen molar-refractivity contribution >= 4 is 15.9 Å². The first kappa shape index (κ1) is 18.9. The van der Waals surface area contributed by atoms with Crippen molar-refractivity contribution in [1.29, 1.82) is 0 Å². The van der Waals surface area contributed by atoms with Gasteiger partial charge in [-0.05, 0) is 27.2 Å². The van der Waals surface area contributed by atoms with Crippen molar-refractivity contribution in [2.45, 2.75) is 45.1 Å². The standard InChI is InChI=1S/C15H26N4O4S/c1-5-11(2)16-14(20)10-18-6-8-19(9-7-18)24(21,22)15-12(3)17-23-13(15)4/h11H,5-10H2,1-4H3,(H,16,20). The van der Waals surface area contributed by atoms with Crippen LogP contribution in [0.3, 0.4) is 0 Å². The molecule has 8 nitrogen and oxygen atoms in total. The molecule has 1 N–H and O–H groups in total. The average Bonchev–Trinajstić information content (AvgIpc) is 2.87. The molecule has 2 heterocycles. The van der Waals surface area contributed by atoms with Crippen molar-refractivity contribution in [3.8, 4) is 0 Å². The summed E-state index contributed by atoms with van der Waals surface area (Å²) in [5, 5.41) is 6.65. The first-order valence-electron chi connectivity index (χ1n) is 8.20. The number of sulfonamides is 1. The van der Waals surface area contributed by atoms with Gasteiger partial charge in [0.1, 0.15) is 10.6 Å². The Bertz CT molecular complexity index is 658. The zero-order chi connectivity index (χ0) is 17.9. The zero-order valence-corrected chi connectivity index (χ0v) is 15.5. The van der Waals surface area contributed by atoms with E-state index in [0.29, 0.717) is 44.2 Å². The molecule has 1 saturated heterocycles. The highest BCUT2D eigenvalue weighted by Gasteiger charge is 2.33. The van der Waals surface area contributed by atoms with Crippen molar-refractivity contribution in [3.05, 3.63) is 11.5 Å². The molecule has 0 aliphatic carbocycles. The van der Waals surface area contributed by atoms with E-state index < -0.39 is 10.0 Å². The molecule has 1 atom stereocenters. The summed E-state index contributed by atoms with van der Waals surface area (Å²) in [6.45, 7) is 9.25. The van der Waals surface area contributed by atoms with Crippen molar-refractivity contribution in [1.82, 2.24) is 19.7 Å². The molecule has 0 spiro atoms. The van der Waals surface area contributed by atoms with Gasteiger partial charge < -0.3 is 9.84 Å². The van der Waals surface area contributed by atoms with Crippen LogP contribution in [0.15, 0.2) is 9.42 Å². The molecule has 1 amide bonds. The Morgan fingerprint density at radius 1 is 1.29 bits per heavy atom. The van der Waals surface area contributed by atoms with E-state index in [9.17, 15) is 13.2 Å². The van der Waals surface area contributed by atoms with E-state index >= 15 is 0 Å². The second kappa shape index (κ2) is 7.62. The second-order valence-corrected chi connectivity index (χ2v) is 8.09. The third kappa shape index (κ3) is 4.14. The van der Waals surface area contributed by atoms with Gasteiger partial charge in [-0.2, -0.15) is 4.31 Å². The lowest BCUT2D eigenvalue weighted by atomic mass is 10.2. The van der Waals surface area contributed by atoms with Gasteiger partial charge in [0.05, 0.1) is 6.54 Å². The van der Waals surface area contributed by atoms with Crippen LogP contribution in [0.1, 0.15) is 31.7 Å². The van der Waals surface area contributed by atoms with Gasteiger partial charge in [0.15, 0.2) is 5.76 Å². The molecular weight excluding hydrogens is 332 g/mol. The van der Waals surface area contributed by atoms with Crippen molar-refractivity contribution in [2.24, 2.45) is 0 Å². The second-order valence-electron chi connectivity index (χ2n) is 6.21. The largest absolute Gasteiger partial charge is 0.360 e. The lowest BCUT2D eigenvalue weighted by molar-refractivity contribution is -0.123. The summed E-state index contributed by atoms with van der Waals surface area (Å²) in [6.07, 6.45) is 0.884. The number of hydrogen-bond acceptors (Lipinski definition) is 6. The van der Waals surface area contributed by atoms with Crippen molar-refractivity contribution < 1.29 is 17.7 Å². The number of rotatable bonds is 6. The van der Waals surface area contributed by atoms with Crippen molar-refractivity contribution in [3.63, 3.8) is 0 Å². The molecule has 0 saturated carbocycles. The number of carbonyl (C=O) groups is 1. The molecule has 9 heteroatoms. The predicted molar refractivity (Wildman–Crippen MR) is 89.1 cm³/mol. The van der Waals surface area contributed by atoms with Crippen LogP contribution in [0.5, 0.6) is 0 Å². The van der Waals surface area contributed by atoms with E-state index in [1.807, 2.05) is 18.7 Å². The molecule has 1 aromatic heterocycles. The fourth-order valence-corrected chi connectivity index (χ4v) is 4.44. The van der Waals surface area contributed by atoms with E-state index in [1.165, 1.54) is 4.31 Å².